The SMILES string of the molecule is O=c1ccc2cc(OC[C@@H](O)CSc3nc4cc(Cl)c(Cl)cc4[nH]3)ccc2[nH]1. The van der Waals surface area contributed by atoms with Crippen molar-refractivity contribution in [3.8, 4) is 5.75 Å². The number of thioether (sulfide) groups is 1. The van der Waals surface area contributed by atoms with Gasteiger partial charge in [0.05, 0.1) is 27.2 Å². The normalized spacial score (nSPS) is 12.5. The average molecular weight is 436 g/mol. The van der Waals surface area contributed by atoms with Crippen molar-refractivity contribution < 1.29 is 9.84 Å². The molecule has 4 aromatic rings. The Morgan fingerprint density at radius 1 is 1.07 bits per heavy atom. The van der Waals surface area contributed by atoms with Crippen molar-refractivity contribution in [2.45, 2.75) is 11.3 Å². The van der Waals surface area contributed by atoms with Crippen LogP contribution < -0.4 is 10.3 Å². The Morgan fingerprint density at radius 3 is 2.75 bits per heavy atom. The van der Waals surface area contributed by atoms with Crippen LogP contribution in [-0.4, -0.2) is 38.5 Å². The third-order valence-electron chi connectivity index (χ3n) is 4.05. The van der Waals surface area contributed by atoms with E-state index in [0.717, 1.165) is 21.9 Å². The lowest BCUT2D eigenvalue weighted by Gasteiger charge is -2.12. The maximum Gasteiger partial charge on any atom is 0.248 e. The molecule has 0 saturated carbocycles. The van der Waals surface area contributed by atoms with Crippen molar-refractivity contribution in [2.24, 2.45) is 0 Å². The number of halogens is 2. The predicted octanol–water partition coefficient (Wildman–Crippen LogP) is 4.24. The number of nitrogens with zero attached hydrogens (tertiary/aromatic N) is 1. The monoisotopic (exact) mass is 435 g/mol. The Hall–Kier alpha value is -2.19. The molecule has 1 atom stereocenters. The van der Waals surface area contributed by atoms with E-state index in [2.05, 4.69) is 15.0 Å². The van der Waals surface area contributed by atoms with E-state index in [1.165, 1.54) is 17.8 Å². The minimum atomic E-state index is -0.684. The highest BCUT2D eigenvalue weighted by Crippen LogP contribution is 2.28. The summed E-state index contributed by atoms with van der Waals surface area (Å²) in [5, 5.41) is 12.6. The van der Waals surface area contributed by atoms with Crippen molar-refractivity contribution >= 4 is 56.9 Å². The van der Waals surface area contributed by atoms with Gasteiger partial charge in [0.1, 0.15) is 12.4 Å². The molecular weight excluding hydrogens is 421 g/mol. The molecule has 3 N–H and O–H groups in total. The van der Waals surface area contributed by atoms with Crippen molar-refractivity contribution in [1.29, 1.82) is 0 Å². The summed E-state index contributed by atoms with van der Waals surface area (Å²) >= 11 is 13.4. The van der Waals surface area contributed by atoms with Crippen molar-refractivity contribution in [3.05, 3.63) is 62.9 Å². The molecule has 0 amide bonds. The number of aliphatic hydroxyl groups excluding tert-OH is 1. The number of ether oxygens (including phenoxy) is 1. The van der Waals surface area contributed by atoms with E-state index in [-0.39, 0.29) is 12.2 Å². The van der Waals surface area contributed by atoms with Crippen LogP contribution in [0.2, 0.25) is 10.0 Å². The largest absolute Gasteiger partial charge is 0.491 e. The summed E-state index contributed by atoms with van der Waals surface area (Å²) in [6.07, 6.45) is -0.684. The smallest absolute Gasteiger partial charge is 0.248 e. The number of benzene rings is 2. The minimum absolute atomic E-state index is 0.139. The van der Waals surface area contributed by atoms with E-state index in [1.807, 2.05) is 6.07 Å². The topological polar surface area (TPSA) is 91.0 Å². The molecule has 4 rings (SSSR count). The molecule has 6 nitrogen and oxygen atoms in total. The lowest BCUT2D eigenvalue weighted by Crippen LogP contribution is -2.20. The fourth-order valence-electron chi connectivity index (χ4n) is 2.69. The number of hydrogen-bond acceptors (Lipinski definition) is 5. The third kappa shape index (κ3) is 4.28. The van der Waals surface area contributed by atoms with Gasteiger partial charge >= 0.3 is 0 Å². The summed E-state index contributed by atoms with van der Waals surface area (Å²) < 4.78 is 5.66. The molecule has 0 unspecified atom stereocenters. The van der Waals surface area contributed by atoms with Gasteiger partial charge in [-0.3, -0.25) is 4.79 Å². The molecule has 0 aliphatic heterocycles. The first-order chi connectivity index (χ1) is 13.5. The Bertz CT molecular complexity index is 1170. The lowest BCUT2D eigenvalue weighted by atomic mass is 10.2. The molecule has 0 radical (unpaired) electrons. The summed E-state index contributed by atoms with van der Waals surface area (Å²) in [6, 6.07) is 12.0. The highest BCUT2D eigenvalue weighted by Gasteiger charge is 2.11. The number of fused-ring (bicyclic) bond motifs is 2. The van der Waals surface area contributed by atoms with Gasteiger partial charge in [-0.05, 0) is 36.4 Å². The number of pyridine rings is 1. The predicted molar refractivity (Wildman–Crippen MR) is 113 cm³/mol. The van der Waals surface area contributed by atoms with E-state index < -0.39 is 6.10 Å². The van der Waals surface area contributed by atoms with E-state index in [0.29, 0.717) is 26.7 Å². The molecule has 0 aliphatic carbocycles. The van der Waals surface area contributed by atoms with Crippen LogP contribution >= 0.6 is 35.0 Å². The van der Waals surface area contributed by atoms with Crippen LogP contribution in [0.15, 0.2) is 52.4 Å². The fraction of sp³-hybridized carbons (Fsp3) is 0.158. The van der Waals surface area contributed by atoms with Crippen molar-refractivity contribution in [2.75, 3.05) is 12.4 Å². The van der Waals surface area contributed by atoms with Gasteiger partial charge in [-0.1, -0.05) is 35.0 Å². The number of hydrogen-bond donors (Lipinski definition) is 3. The summed E-state index contributed by atoms with van der Waals surface area (Å²) in [7, 11) is 0. The number of imidazole rings is 1. The second kappa shape index (κ2) is 8.05. The lowest BCUT2D eigenvalue weighted by molar-refractivity contribution is 0.126. The zero-order valence-corrected chi connectivity index (χ0v) is 16.7. The fourth-order valence-corrected chi connectivity index (χ4v) is 3.80. The van der Waals surface area contributed by atoms with Gasteiger partial charge in [-0.2, -0.15) is 0 Å². The highest BCUT2D eigenvalue weighted by atomic mass is 35.5. The molecular formula is C19H15Cl2N3O3S. The van der Waals surface area contributed by atoms with Crippen molar-refractivity contribution in [1.82, 2.24) is 15.0 Å². The first-order valence-corrected chi connectivity index (χ1v) is 10.1. The summed E-state index contributed by atoms with van der Waals surface area (Å²) in [5.74, 6) is 1.03. The van der Waals surface area contributed by atoms with Crippen LogP contribution in [-0.2, 0) is 0 Å². The Morgan fingerprint density at radius 2 is 1.89 bits per heavy atom. The van der Waals surface area contributed by atoms with E-state index in [9.17, 15) is 9.90 Å². The zero-order valence-electron chi connectivity index (χ0n) is 14.4. The molecule has 144 valence electrons. The Balaban J connectivity index is 1.35. The summed E-state index contributed by atoms with van der Waals surface area (Å²) in [4.78, 5) is 21.6. The van der Waals surface area contributed by atoms with Crippen molar-refractivity contribution in [3.63, 3.8) is 0 Å². The third-order valence-corrected chi connectivity index (χ3v) is 5.79. The number of H-pyrrole nitrogens is 2. The van der Waals surface area contributed by atoms with Crippen LogP contribution in [0, 0.1) is 0 Å². The summed E-state index contributed by atoms with van der Waals surface area (Å²) in [6.45, 7) is 0.139. The number of aromatic nitrogens is 3. The number of nitrogens with one attached hydrogen (secondary N) is 2. The van der Waals surface area contributed by atoms with E-state index in [4.69, 9.17) is 27.9 Å². The second-order valence-electron chi connectivity index (χ2n) is 6.17. The van der Waals surface area contributed by atoms with Crippen LogP contribution in [0.4, 0.5) is 0 Å². The molecule has 0 spiro atoms. The number of rotatable bonds is 6. The minimum Gasteiger partial charge on any atom is -0.491 e. The standard InChI is InChI=1S/C19H15Cl2N3O3S/c20-13-6-16-17(7-14(13)21)24-19(23-16)28-9-11(25)8-27-12-2-3-15-10(5-12)1-4-18(26)22-15/h1-7,11,25H,8-9H2,(H,22,26)(H,23,24)/t11-/m1/s1. The van der Waals surface area contributed by atoms with Gasteiger partial charge in [0.15, 0.2) is 5.16 Å². The van der Waals surface area contributed by atoms with Crippen LogP contribution in [0.5, 0.6) is 5.75 Å². The molecule has 2 heterocycles. The van der Waals surface area contributed by atoms with Crippen LogP contribution in [0.1, 0.15) is 0 Å². The maximum atomic E-state index is 11.3. The quantitative estimate of drug-likeness (QED) is 0.394. The molecule has 0 fully saturated rings. The first kappa shape index (κ1) is 19.1. The first-order valence-electron chi connectivity index (χ1n) is 8.39. The van der Waals surface area contributed by atoms with E-state index >= 15 is 0 Å². The molecule has 0 bridgehead atoms. The van der Waals surface area contributed by atoms with Gasteiger partial charge in [-0.15, -0.1) is 0 Å². The number of aliphatic hydroxyl groups is 1. The van der Waals surface area contributed by atoms with Gasteiger partial charge in [0.2, 0.25) is 5.56 Å². The van der Waals surface area contributed by atoms with Gasteiger partial charge < -0.3 is 19.8 Å². The molecule has 0 aliphatic rings. The van der Waals surface area contributed by atoms with Gasteiger partial charge in [0.25, 0.3) is 0 Å². The van der Waals surface area contributed by atoms with Crippen LogP contribution in [0.25, 0.3) is 21.9 Å². The highest BCUT2D eigenvalue weighted by molar-refractivity contribution is 7.99. The maximum absolute atomic E-state index is 11.3. The summed E-state index contributed by atoms with van der Waals surface area (Å²) in [5.41, 5.74) is 2.10. The van der Waals surface area contributed by atoms with Crippen LogP contribution in [0.3, 0.4) is 0 Å². The molecule has 2 aromatic heterocycles. The Kier molecular flexibility index (Phi) is 5.50. The zero-order chi connectivity index (χ0) is 19.7. The van der Waals surface area contributed by atoms with E-state index in [1.54, 1.807) is 30.3 Å². The second-order valence-corrected chi connectivity index (χ2v) is 8.00. The van der Waals surface area contributed by atoms with Gasteiger partial charge in [-0.25, -0.2) is 4.98 Å². The molecule has 2 aromatic carbocycles. The Labute approximate surface area is 173 Å². The molecule has 9 heteroatoms. The van der Waals surface area contributed by atoms with Gasteiger partial charge in [0, 0.05) is 22.7 Å². The molecule has 28 heavy (non-hydrogen) atoms. The molecule has 0 saturated heterocycles. The average Bonchev–Trinajstić information content (AvgIpc) is 3.06. The number of aromatic amines is 2.